The van der Waals surface area contributed by atoms with Gasteiger partial charge in [0.15, 0.2) is 0 Å². The third kappa shape index (κ3) is 1.79. The highest BCUT2D eigenvalue weighted by atomic mass is 16.5. The van der Waals surface area contributed by atoms with Crippen molar-refractivity contribution in [1.82, 2.24) is 15.0 Å². The summed E-state index contributed by atoms with van der Waals surface area (Å²) in [4.78, 5) is 12.2. The molecule has 5 heteroatoms. The molecule has 2 rings (SSSR count). The summed E-state index contributed by atoms with van der Waals surface area (Å²) >= 11 is 0. The lowest BCUT2D eigenvalue weighted by atomic mass is 10.1. The van der Waals surface area contributed by atoms with Gasteiger partial charge in [0.1, 0.15) is 12.1 Å². The van der Waals surface area contributed by atoms with E-state index < -0.39 is 0 Å². The Hall–Kier alpha value is -2.17. The minimum absolute atomic E-state index is 0.487. The minimum atomic E-state index is 0.487. The molecule has 5 nitrogen and oxygen atoms in total. The fraction of sp³-hybridized carbons (Fsp3) is 0.182. The number of nitrogen functional groups attached to an aromatic ring is 1. The summed E-state index contributed by atoms with van der Waals surface area (Å²) in [5, 5.41) is 0. The van der Waals surface area contributed by atoms with E-state index >= 15 is 0 Å². The Morgan fingerprint density at radius 3 is 2.81 bits per heavy atom. The second kappa shape index (κ2) is 4.14. The lowest BCUT2D eigenvalue weighted by Crippen LogP contribution is -1.98. The van der Waals surface area contributed by atoms with Crippen molar-refractivity contribution in [3.05, 3.63) is 30.2 Å². The maximum Gasteiger partial charge on any atom is 0.213 e. The van der Waals surface area contributed by atoms with Gasteiger partial charge in [0.25, 0.3) is 0 Å². The van der Waals surface area contributed by atoms with Gasteiger partial charge in [-0.3, -0.25) is 0 Å². The number of hydrogen-bond donors (Lipinski definition) is 1. The van der Waals surface area contributed by atoms with Gasteiger partial charge in [0.05, 0.1) is 12.8 Å². The van der Waals surface area contributed by atoms with E-state index in [1.165, 1.54) is 6.33 Å². The summed E-state index contributed by atoms with van der Waals surface area (Å²) in [5.41, 5.74) is 8.30. The summed E-state index contributed by atoms with van der Waals surface area (Å²) in [7, 11) is 1.58. The highest BCUT2D eigenvalue weighted by molar-refractivity contribution is 5.67. The van der Waals surface area contributed by atoms with E-state index in [1.807, 2.05) is 19.1 Å². The number of nitrogens with two attached hydrogens (primary N) is 1. The number of methoxy groups -OCH3 is 1. The average molecular weight is 216 g/mol. The number of anilines is 1. The second-order valence-electron chi connectivity index (χ2n) is 3.32. The molecule has 0 fully saturated rings. The number of nitrogens with zero attached hydrogens (tertiary/aromatic N) is 3. The highest BCUT2D eigenvalue weighted by Gasteiger charge is 2.07. The molecule has 0 amide bonds. The zero-order chi connectivity index (χ0) is 11.5. The molecule has 82 valence electrons. The van der Waals surface area contributed by atoms with Crippen LogP contribution in [0, 0.1) is 6.92 Å². The summed E-state index contributed by atoms with van der Waals surface area (Å²) < 4.78 is 5.06. The van der Waals surface area contributed by atoms with E-state index in [0.29, 0.717) is 11.7 Å². The first-order valence-corrected chi connectivity index (χ1v) is 4.80. The van der Waals surface area contributed by atoms with Crippen molar-refractivity contribution in [1.29, 1.82) is 0 Å². The topological polar surface area (TPSA) is 73.9 Å². The van der Waals surface area contributed by atoms with E-state index in [4.69, 9.17) is 10.5 Å². The summed E-state index contributed by atoms with van der Waals surface area (Å²) in [6, 6.07) is 3.67. The average Bonchev–Trinajstić information content (AvgIpc) is 2.33. The number of aromatic nitrogens is 3. The normalized spacial score (nSPS) is 10.1. The van der Waals surface area contributed by atoms with Gasteiger partial charge in [-0.1, -0.05) is 0 Å². The quantitative estimate of drug-likeness (QED) is 0.822. The predicted octanol–water partition coefficient (Wildman–Crippen LogP) is 1.44. The van der Waals surface area contributed by atoms with Crippen LogP contribution in [0.2, 0.25) is 0 Å². The Morgan fingerprint density at radius 1 is 1.25 bits per heavy atom. The van der Waals surface area contributed by atoms with Gasteiger partial charge in [-0.25, -0.2) is 15.0 Å². The van der Waals surface area contributed by atoms with Crippen molar-refractivity contribution in [3.63, 3.8) is 0 Å². The van der Waals surface area contributed by atoms with Crippen LogP contribution in [-0.4, -0.2) is 22.1 Å². The van der Waals surface area contributed by atoms with Crippen molar-refractivity contribution in [2.45, 2.75) is 6.92 Å². The minimum Gasteiger partial charge on any atom is -0.481 e. The SMILES string of the molecule is COc1cc(-c2ncnc(N)c2C)ccn1. The predicted molar refractivity (Wildman–Crippen MR) is 61.0 cm³/mol. The van der Waals surface area contributed by atoms with Gasteiger partial charge in [-0.05, 0) is 13.0 Å². The Kier molecular flexibility index (Phi) is 2.68. The Morgan fingerprint density at radius 2 is 2.06 bits per heavy atom. The molecule has 0 aromatic carbocycles. The summed E-state index contributed by atoms with van der Waals surface area (Å²) in [5.74, 6) is 1.04. The summed E-state index contributed by atoms with van der Waals surface area (Å²) in [6.45, 7) is 1.89. The van der Waals surface area contributed by atoms with E-state index in [9.17, 15) is 0 Å². The largest absolute Gasteiger partial charge is 0.481 e. The van der Waals surface area contributed by atoms with Crippen molar-refractivity contribution in [2.24, 2.45) is 0 Å². The number of pyridine rings is 1. The third-order valence-corrected chi connectivity index (χ3v) is 2.34. The zero-order valence-corrected chi connectivity index (χ0v) is 9.14. The van der Waals surface area contributed by atoms with Gasteiger partial charge >= 0.3 is 0 Å². The molecule has 2 N–H and O–H groups in total. The molecular weight excluding hydrogens is 204 g/mol. The lowest BCUT2D eigenvalue weighted by Gasteiger charge is -2.07. The molecule has 0 spiro atoms. The molecule has 0 atom stereocenters. The van der Waals surface area contributed by atoms with Crippen LogP contribution in [0.25, 0.3) is 11.3 Å². The highest BCUT2D eigenvalue weighted by Crippen LogP contribution is 2.24. The second-order valence-corrected chi connectivity index (χ2v) is 3.32. The number of ether oxygens (including phenoxy) is 1. The standard InChI is InChI=1S/C11H12N4O/c1-7-10(14-6-15-11(7)12)8-3-4-13-9(5-8)16-2/h3-6H,1-2H3,(H2,12,14,15). The zero-order valence-electron chi connectivity index (χ0n) is 9.14. The van der Waals surface area contributed by atoms with Crippen LogP contribution in [-0.2, 0) is 0 Å². The molecule has 0 aliphatic heterocycles. The van der Waals surface area contributed by atoms with Crippen molar-refractivity contribution in [3.8, 4) is 17.1 Å². The first-order valence-electron chi connectivity index (χ1n) is 4.80. The molecule has 0 aliphatic carbocycles. The fourth-order valence-electron chi connectivity index (χ4n) is 1.42. The molecule has 16 heavy (non-hydrogen) atoms. The summed E-state index contributed by atoms with van der Waals surface area (Å²) in [6.07, 6.45) is 3.12. The monoisotopic (exact) mass is 216 g/mol. The first kappa shape index (κ1) is 10.4. The Bertz CT molecular complexity index is 513. The molecule has 0 aliphatic rings. The van der Waals surface area contributed by atoms with Crippen molar-refractivity contribution < 1.29 is 4.74 Å². The molecule has 2 heterocycles. The maximum absolute atomic E-state index is 5.73. The van der Waals surface area contributed by atoms with E-state index in [1.54, 1.807) is 13.3 Å². The molecule has 0 bridgehead atoms. The van der Waals surface area contributed by atoms with Gasteiger partial charge in [0.2, 0.25) is 5.88 Å². The fourth-order valence-corrected chi connectivity index (χ4v) is 1.42. The van der Waals surface area contributed by atoms with Crippen LogP contribution < -0.4 is 10.5 Å². The third-order valence-electron chi connectivity index (χ3n) is 2.34. The molecule has 2 aromatic heterocycles. The van der Waals surface area contributed by atoms with Crippen LogP contribution >= 0.6 is 0 Å². The number of rotatable bonds is 2. The van der Waals surface area contributed by atoms with Crippen LogP contribution in [0.5, 0.6) is 5.88 Å². The molecule has 0 saturated heterocycles. The Balaban J connectivity index is 2.54. The maximum atomic E-state index is 5.73. The molecule has 2 aromatic rings. The van der Waals surface area contributed by atoms with Crippen molar-refractivity contribution >= 4 is 5.82 Å². The molecular formula is C11H12N4O. The van der Waals surface area contributed by atoms with E-state index in [2.05, 4.69) is 15.0 Å². The number of hydrogen-bond acceptors (Lipinski definition) is 5. The molecule has 0 saturated carbocycles. The van der Waals surface area contributed by atoms with E-state index in [0.717, 1.165) is 16.8 Å². The van der Waals surface area contributed by atoms with Crippen molar-refractivity contribution in [2.75, 3.05) is 12.8 Å². The van der Waals surface area contributed by atoms with Gasteiger partial charge in [-0.2, -0.15) is 0 Å². The molecule has 0 radical (unpaired) electrons. The van der Waals surface area contributed by atoms with Crippen LogP contribution in [0.4, 0.5) is 5.82 Å². The van der Waals surface area contributed by atoms with Gasteiger partial charge in [-0.15, -0.1) is 0 Å². The lowest BCUT2D eigenvalue weighted by molar-refractivity contribution is 0.398. The van der Waals surface area contributed by atoms with E-state index in [-0.39, 0.29) is 0 Å². The van der Waals surface area contributed by atoms with Gasteiger partial charge < -0.3 is 10.5 Å². The van der Waals surface area contributed by atoms with Crippen LogP contribution in [0.3, 0.4) is 0 Å². The van der Waals surface area contributed by atoms with Crippen LogP contribution in [0.1, 0.15) is 5.56 Å². The Labute approximate surface area is 93.3 Å². The first-order chi connectivity index (χ1) is 7.72. The smallest absolute Gasteiger partial charge is 0.213 e. The van der Waals surface area contributed by atoms with Crippen LogP contribution in [0.15, 0.2) is 24.7 Å². The van der Waals surface area contributed by atoms with Gasteiger partial charge in [0, 0.05) is 23.4 Å². The molecule has 0 unspecified atom stereocenters.